The lowest BCUT2D eigenvalue weighted by Gasteiger charge is -2.41. The number of carbonyl (C=O) groups excluding carboxylic acids is 5. The molecule has 3 rings (SSSR count). The Morgan fingerprint density at radius 2 is 1.58 bits per heavy atom. The molecule has 1 aliphatic rings. The highest BCUT2D eigenvalue weighted by Crippen LogP contribution is 2.33. The van der Waals surface area contributed by atoms with Crippen LogP contribution in [0.3, 0.4) is 0 Å². The molecule has 1 saturated heterocycles. The number of ether oxygens (including phenoxy) is 3. The summed E-state index contributed by atoms with van der Waals surface area (Å²) in [5.74, 6) is -2.71. The standard InChI is InChI=1S/C46H76N8O9S2/c1-15-29(6)39(35(61-13)24-36(55)54-23-19-22-34(54)41(62-14)31(8)42(57)48-32(9)40(56)33-20-17-16-18-21-33)52(11)44(59)37(27(2)3)49-43(58)38(28(4)5)53(12)46(60)63-25-30(7)64-65-45-50-47-26-51(45)10/h16-18,20-21,26-32,34-35,37-41,56H,15,19,22-25H2,1-14H3,(H,48,57)(H,49,58)/t29-,30-,31+,32+,34-,35+,37-,38-,39-,40+,41+/m0/s1. The van der Waals surface area contributed by atoms with Crippen molar-refractivity contribution >= 4 is 51.3 Å². The van der Waals surface area contributed by atoms with Crippen LogP contribution in [0.5, 0.6) is 0 Å². The highest BCUT2D eigenvalue weighted by atomic mass is 33.1. The van der Waals surface area contributed by atoms with Crippen LogP contribution in [0.2, 0.25) is 0 Å². The average Bonchev–Trinajstić information content (AvgIpc) is 3.94. The summed E-state index contributed by atoms with van der Waals surface area (Å²) < 4.78 is 19.4. The van der Waals surface area contributed by atoms with Gasteiger partial charge in [-0.25, -0.2) is 4.79 Å². The maximum absolute atomic E-state index is 14.6. The molecule has 65 heavy (non-hydrogen) atoms. The Hall–Kier alpha value is -3.91. The number of nitrogens with one attached hydrogen (secondary N) is 2. The number of likely N-dealkylation sites (tertiary alicyclic amines) is 1. The van der Waals surface area contributed by atoms with Crippen LogP contribution in [-0.2, 0) is 40.4 Å². The topological polar surface area (TPSA) is 198 Å². The molecule has 19 heteroatoms. The maximum Gasteiger partial charge on any atom is 0.410 e. The number of aliphatic hydroxyl groups is 1. The molecule has 0 saturated carbocycles. The van der Waals surface area contributed by atoms with Crippen molar-refractivity contribution in [3.8, 4) is 0 Å². The van der Waals surface area contributed by atoms with Crippen molar-refractivity contribution in [3.63, 3.8) is 0 Å². The Morgan fingerprint density at radius 3 is 2.14 bits per heavy atom. The van der Waals surface area contributed by atoms with Gasteiger partial charge >= 0.3 is 6.09 Å². The van der Waals surface area contributed by atoms with Gasteiger partial charge in [0.05, 0.1) is 48.8 Å². The smallest absolute Gasteiger partial charge is 0.410 e. The van der Waals surface area contributed by atoms with Crippen LogP contribution in [0.1, 0.15) is 99.7 Å². The van der Waals surface area contributed by atoms with Gasteiger partial charge in [0.15, 0.2) is 0 Å². The lowest BCUT2D eigenvalue weighted by atomic mass is 9.89. The molecule has 0 aliphatic carbocycles. The van der Waals surface area contributed by atoms with E-state index in [-0.39, 0.29) is 59.8 Å². The summed E-state index contributed by atoms with van der Waals surface area (Å²) in [5, 5.41) is 25.4. The first-order valence-electron chi connectivity index (χ1n) is 22.7. The molecule has 2 aromatic rings. The van der Waals surface area contributed by atoms with E-state index in [1.165, 1.54) is 47.8 Å². The monoisotopic (exact) mass is 949 g/mol. The summed E-state index contributed by atoms with van der Waals surface area (Å²) >= 11 is 0. The van der Waals surface area contributed by atoms with Gasteiger partial charge < -0.3 is 44.3 Å². The lowest BCUT2D eigenvalue weighted by Crippen LogP contribution is -2.60. The largest absolute Gasteiger partial charge is 0.448 e. The summed E-state index contributed by atoms with van der Waals surface area (Å²) in [4.78, 5) is 74.5. The molecule has 3 N–H and O–H groups in total. The quantitative estimate of drug-likeness (QED) is 0.108. The molecular weight excluding hydrogens is 873 g/mol. The van der Waals surface area contributed by atoms with Crippen LogP contribution in [0, 0.1) is 23.7 Å². The lowest BCUT2D eigenvalue weighted by molar-refractivity contribution is -0.148. The molecule has 0 spiro atoms. The number of aryl methyl sites for hydroxylation is 1. The Morgan fingerprint density at radius 1 is 0.923 bits per heavy atom. The Labute approximate surface area is 394 Å². The van der Waals surface area contributed by atoms with Crippen molar-refractivity contribution in [3.05, 3.63) is 42.2 Å². The van der Waals surface area contributed by atoms with Gasteiger partial charge in [0, 0.05) is 47.2 Å². The molecule has 0 radical (unpaired) electrons. The number of likely N-dealkylation sites (N-methyl/N-ethyl adjacent to an activating group) is 2. The summed E-state index contributed by atoms with van der Waals surface area (Å²) in [6.45, 7) is 17.4. The first-order valence-corrected chi connectivity index (χ1v) is 24.9. The zero-order chi connectivity index (χ0) is 48.7. The van der Waals surface area contributed by atoms with E-state index >= 15 is 0 Å². The fraction of sp³-hybridized carbons (Fsp3) is 0.717. The molecular formula is C46H76N8O9S2. The fourth-order valence-corrected chi connectivity index (χ4v) is 10.5. The fourth-order valence-electron chi connectivity index (χ4n) is 8.48. The van der Waals surface area contributed by atoms with Crippen molar-refractivity contribution in [1.29, 1.82) is 0 Å². The van der Waals surface area contributed by atoms with Crippen molar-refractivity contribution in [2.24, 2.45) is 30.7 Å². The third-order valence-electron chi connectivity index (χ3n) is 12.5. The Kier molecular flexibility index (Phi) is 22.5. The molecule has 1 aromatic heterocycles. The minimum absolute atomic E-state index is 0.0337. The van der Waals surface area contributed by atoms with Gasteiger partial charge in [0.1, 0.15) is 25.0 Å². The number of rotatable bonds is 25. The SMILES string of the molecule is CC[C@H](C)[C@@H]([C@@H](CC(=O)N1CCC[C@H]1[C@H](OC)[C@@H](C)C(=O)N[C@H](C)[C@@H](O)c1ccccc1)OC)N(C)C(=O)[C@@H](NC(=O)[C@H](C(C)C)N(C)C(=O)OC[C@H](C)SSc1nncn1C)C(C)C. The highest BCUT2D eigenvalue weighted by Gasteiger charge is 2.44. The molecule has 1 aliphatic heterocycles. The van der Waals surface area contributed by atoms with E-state index in [1.807, 2.05) is 73.7 Å². The van der Waals surface area contributed by atoms with Crippen LogP contribution < -0.4 is 10.6 Å². The normalized spacial score (nSPS) is 18.7. The first-order chi connectivity index (χ1) is 30.7. The molecule has 1 aromatic carbocycles. The minimum atomic E-state index is -0.957. The van der Waals surface area contributed by atoms with Gasteiger partial charge in [-0.1, -0.05) is 96.0 Å². The second-order valence-corrected chi connectivity index (χ2v) is 20.7. The van der Waals surface area contributed by atoms with Crippen molar-refractivity contribution in [2.75, 3.05) is 41.5 Å². The number of hydrogen-bond acceptors (Lipinski definition) is 13. The highest BCUT2D eigenvalue weighted by molar-refractivity contribution is 8.76. The summed E-state index contributed by atoms with van der Waals surface area (Å²) in [7, 11) is 11.0. The molecule has 1 fully saturated rings. The van der Waals surface area contributed by atoms with Gasteiger partial charge in [0.2, 0.25) is 28.8 Å². The van der Waals surface area contributed by atoms with Crippen LogP contribution in [0.15, 0.2) is 41.8 Å². The number of methoxy groups -OCH3 is 2. The van der Waals surface area contributed by atoms with Gasteiger partial charge in [-0.05, 0) is 60.8 Å². The first kappa shape index (κ1) is 55.4. The molecule has 0 bridgehead atoms. The van der Waals surface area contributed by atoms with Gasteiger partial charge in [-0.2, -0.15) is 0 Å². The van der Waals surface area contributed by atoms with Crippen molar-refractivity contribution < 1.29 is 43.3 Å². The van der Waals surface area contributed by atoms with E-state index in [9.17, 15) is 29.1 Å². The number of hydrogen-bond donors (Lipinski definition) is 3. The number of amides is 5. The summed E-state index contributed by atoms with van der Waals surface area (Å²) in [5.41, 5.74) is 0.693. The van der Waals surface area contributed by atoms with Crippen LogP contribution >= 0.6 is 21.6 Å². The number of aromatic nitrogens is 3. The zero-order valence-corrected chi connectivity index (χ0v) is 42.6. The van der Waals surface area contributed by atoms with E-state index in [1.54, 1.807) is 53.7 Å². The zero-order valence-electron chi connectivity index (χ0n) is 40.9. The summed E-state index contributed by atoms with van der Waals surface area (Å²) in [6, 6.07) is 5.74. The third-order valence-corrected chi connectivity index (χ3v) is 15.3. The molecule has 2 heterocycles. The predicted molar refractivity (Wildman–Crippen MR) is 254 cm³/mol. The van der Waals surface area contributed by atoms with E-state index in [4.69, 9.17) is 14.2 Å². The molecule has 11 atom stereocenters. The second-order valence-electron chi connectivity index (χ2n) is 18.1. The maximum atomic E-state index is 14.6. The predicted octanol–water partition coefficient (Wildman–Crippen LogP) is 5.34. The van der Waals surface area contributed by atoms with Crippen LogP contribution in [-0.4, -0.2) is 153 Å². The molecule has 0 unspecified atom stereocenters. The van der Waals surface area contributed by atoms with Crippen LogP contribution in [0.4, 0.5) is 4.79 Å². The molecule has 17 nitrogen and oxygen atoms in total. The van der Waals surface area contributed by atoms with Crippen molar-refractivity contribution in [1.82, 2.24) is 40.1 Å². The number of nitrogens with zero attached hydrogens (tertiary/aromatic N) is 6. The third kappa shape index (κ3) is 15.0. The number of carbonyl (C=O) groups is 5. The summed E-state index contributed by atoms with van der Waals surface area (Å²) in [6.07, 6.45) is 0.721. The molecule has 5 amide bonds. The second kappa shape index (κ2) is 26.4. The van der Waals surface area contributed by atoms with Gasteiger partial charge in [0.25, 0.3) is 0 Å². The molecule has 366 valence electrons. The van der Waals surface area contributed by atoms with E-state index in [2.05, 4.69) is 20.8 Å². The van der Waals surface area contributed by atoms with E-state index in [0.717, 1.165) is 11.6 Å². The Balaban J connectivity index is 1.72. The minimum Gasteiger partial charge on any atom is -0.448 e. The van der Waals surface area contributed by atoms with E-state index in [0.29, 0.717) is 24.9 Å². The van der Waals surface area contributed by atoms with Crippen molar-refractivity contribution in [2.45, 2.75) is 147 Å². The van der Waals surface area contributed by atoms with Gasteiger partial charge in [-0.3, -0.25) is 24.1 Å². The van der Waals surface area contributed by atoms with E-state index < -0.39 is 60.4 Å². The number of aliphatic hydroxyl groups excluding tert-OH is 1. The number of benzene rings is 1. The van der Waals surface area contributed by atoms with Crippen LogP contribution in [0.25, 0.3) is 0 Å². The average molecular weight is 949 g/mol. The Bertz CT molecular complexity index is 1820. The van der Waals surface area contributed by atoms with Gasteiger partial charge in [-0.15, -0.1) is 10.2 Å².